The summed E-state index contributed by atoms with van der Waals surface area (Å²) in [6.07, 6.45) is 2.34. The lowest BCUT2D eigenvalue weighted by atomic mass is 10.2. The van der Waals surface area contributed by atoms with E-state index in [1.165, 1.54) is 11.3 Å². The third-order valence-corrected chi connectivity index (χ3v) is 3.61. The maximum Gasteiger partial charge on any atom is 0.240 e. The van der Waals surface area contributed by atoms with Crippen molar-refractivity contribution in [3.63, 3.8) is 0 Å². The van der Waals surface area contributed by atoms with Gasteiger partial charge in [-0.2, -0.15) is 0 Å². The minimum atomic E-state index is -0.439. The Morgan fingerprint density at radius 3 is 2.88 bits per heavy atom. The number of carbonyl (C=O) groups is 1. The van der Waals surface area contributed by atoms with E-state index in [0.29, 0.717) is 19.5 Å². The first-order valence-electron chi connectivity index (χ1n) is 5.48. The molecule has 0 aliphatic carbocycles. The Bertz CT molecular complexity index is 392. The molecule has 1 atom stereocenters. The highest BCUT2D eigenvalue weighted by Crippen LogP contribution is 2.22. The van der Waals surface area contributed by atoms with E-state index in [2.05, 4.69) is 6.58 Å². The van der Waals surface area contributed by atoms with Crippen molar-refractivity contribution in [3.8, 4) is 0 Å². The summed E-state index contributed by atoms with van der Waals surface area (Å²) in [6.45, 7) is 6.60. The summed E-state index contributed by atoms with van der Waals surface area (Å²) in [5.41, 5.74) is 5.76. The lowest BCUT2D eigenvalue weighted by Gasteiger charge is -2.23. The Kier molecular flexibility index (Phi) is 5.68. The fraction of sp³-hybridized carbons (Fsp3) is 0.417. The summed E-state index contributed by atoms with van der Waals surface area (Å²) in [4.78, 5) is 14.7. The average molecular weight is 273 g/mol. The third-order valence-electron chi connectivity index (χ3n) is 2.39. The van der Waals surface area contributed by atoms with Gasteiger partial charge in [0.15, 0.2) is 0 Å². The Balaban J connectivity index is 2.72. The van der Waals surface area contributed by atoms with Crippen molar-refractivity contribution >= 4 is 28.8 Å². The quantitative estimate of drug-likeness (QED) is 0.810. The summed E-state index contributed by atoms with van der Waals surface area (Å²) in [5.74, 6) is -0.0445. The monoisotopic (exact) mass is 272 g/mol. The number of nitrogens with zero attached hydrogens (tertiary/aromatic N) is 1. The molecular formula is C12H17ClN2OS. The Labute approximate surface area is 111 Å². The highest BCUT2D eigenvalue weighted by atomic mass is 35.5. The van der Waals surface area contributed by atoms with Gasteiger partial charge in [0.05, 0.1) is 16.9 Å². The minimum absolute atomic E-state index is 0.0445. The third kappa shape index (κ3) is 4.15. The van der Waals surface area contributed by atoms with Gasteiger partial charge in [0, 0.05) is 11.4 Å². The van der Waals surface area contributed by atoms with E-state index >= 15 is 0 Å². The number of thiophene rings is 1. The summed E-state index contributed by atoms with van der Waals surface area (Å²) in [6, 6.07) is 3.32. The number of amides is 1. The Morgan fingerprint density at radius 1 is 1.71 bits per heavy atom. The van der Waals surface area contributed by atoms with E-state index < -0.39 is 6.04 Å². The highest BCUT2D eigenvalue weighted by Gasteiger charge is 2.19. The normalized spacial score (nSPS) is 12.2. The molecule has 0 saturated carbocycles. The standard InChI is InChI=1S/C12H17ClN2OS/c1-3-7-15(12(16)10(14)4-2)8-9-5-6-11(13)17-9/h3,5-6,10H,1,4,7-8,14H2,2H3/t10-/m0/s1. The molecule has 1 amide bonds. The Hall–Kier alpha value is -0.840. The molecule has 0 unspecified atom stereocenters. The molecule has 0 aliphatic heterocycles. The van der Waals surface area contributed by atoms with Crippen LogP contribution in [0.1, 0.15) is 18.2 Å². The van der Waals surface area contributed by atoms with Crippen LogP contribution >= 0.6 is 22.9 Å². The van der Waals surface area contributed by atoms with Gasteiger partial charge in [-0.1, -0.05) is 24.6 Å². The van der Waals surface area contributed by atoms with Crippen LogP contribution in [0.3, 0.4) is 0 Å². The second-order valence-electron chi connectivity index (χ2n) is 3.73. The number of nitrogens with two attached hydrogens (primary N) is 1. The van der Waals surface area contributed by atoms with Crippen LogP contribution in [-0.4, -0.2) is 23.4 Å². The zero-order chi connectivity index (χ0) is 12.8. The van der Waals surface area contributed by atoms with Gasteiger partial charge in [0.25, 0.3) is 0 Å². The smallest absolute Gasteiger partial charge is 0.240 e. The van der Waals surface area contributed by atoms with Crippen LogP contribution in [0.4, 0.5) is 0 Å². The molecule has 2 N–H and O–H groups in total. The Morgan fingerprint density at radius 2 is 2.41 bits per heavy atom. The molecule has 1 heterocycles. The molecule has 1 rings (SSSR count). The summed E-state index contributed by atoms with van der Waals surface area (Å²) < 4.78 is 0.728. The number of halogens is 1. The molecule has 94 valence electrons. The molecule has 0 fully saturated rings. The predicted molar refractivity (Wildman–Crippen MR) is 73.2 cm³/mol. The molecule has 0 aliphatic rings. The summed E-state index contributed by atoms with van der Waals surface area (Å²) >= 11 is 7.34. The maximum atomic E-state index is 12.0. The first-order chi connectivity index (χ1) is 8.08. The van der Waals surface area contributed by atoms with E-state index in [1.54, 1.807) is 11.0 Å². The summed E-state index contributed by atoms with van der Waals surface area (Å²) in [7, 11) is 0. The number of hydrogen-bond donors (Lipinski definition) is 1. The van der Waals surface area contributed by atoms with Crippen molar-refractivity contribution in [3.05, 3.63) is 34.0 Å². The summed E-state index contributed by atoms with van der Waals surface area (Å²) in [5, 5.41) is 0. The lowest BCUT2D eigenvalue weighted by Crippen LogP contribution is -2.42. The molecule has 5 heteroatoms. The topological polar surface area (TPSA) is 46.3 Å². The second-order valence-corrected chi connectivity index (χ2v) is 5.53. The van der Waals surface area contributed by atoms with Crippen LogP contribution in [-0.2, 0) is 11.3 Å². The molecule has 0 bridgehead atoms. The van der Waals surface area contributed by atoms with Crippen molar-refractivity contribution in [1.82, 2.24) is 4.90 Å². The first kappa shape index (κ1) is 14.2. The lowest BCUT2D eigenvalue weighted by molar-refractivity contribution is -0.132. The van der Waals surface area contributed by atoms with Gasteiger partial charge in [-0.25, -0.2) is 0 Å². The molecule has 0 aromatic carbocycles. The van der Waals surface area contributed by atoms with Gasteiger partial charge in [0.1, 0.15) is 0 Å². The van der Waals surface area contributed by atoms with Crippen LogP contribution in [0, 0.1) is 0 Å². The predicted octanol–water partition coefficient (Wildman–Crippen LogP) is 2.65. The molecule has 1 aromatic rings. The molecule has 1 aromatic heterocycles. The van der Waals surface area contributed by atoms with Crippen LogP contribution in [0.25, 0.3) is 0 Å². The van der Waals surface area contributed by atoms with Crippen LogP contribution in [0.2, 0.25) is 4.34 Å². The van der Waals surface area contributed by atoms with Crippen molar-refractivity contribution in [2.45, 2.75) is 25.9 Å². The SMILES string of the molecule is C=CCN(Cc1ccc(Cl)s1)C(=O)[C@@H](N)CC. The molecule has 17 heavy (non-hydrogen) atoms. The zero-order valence-corrected chi connectivity index (χ0v) is 11.4. The van der Waals surface area contributed by atoms with Gasteiger partial charge in [-0.3, -0.25) is 4.79 Å². The average Bonchev–Trinajstić information content (AvgIpc) is 2.72. The molecule has 0 saturated heterocycles. The van der Waals surface area contributed by atoms with E-state index in [1.807, 2.05) is 19.1 Å². The van der Waals surface area contributed by atoms with Crippen LogP contribution < -0.4 is 5.73 Å². The zero-order valence-electron chi connectivity index (χ0n) is 9.86. The van der Waals surface area contributed by atoms with Gasteiger partial charge >= 0.3 is 0 Å². The van der Waals surface area contributed by atoms with Crippen molar-refractivity contribution in [2.24, 2.45) is 5.73 Å². The van der Waals surface area contributed by atoms with Gasteiger partial charge in [0.2, 0.25) is 5.91 Å². The fourth-order valence-electron chi connectivity index (χ4n) is 1.42. The molecule has 0 spiro atoms. The van der Waals surface area contributed by atoms with E-state index in [-0.39, 0.29) is 5.91 Å². The van der Waals surface area contributed by atoms with E-state index in [4.69, 9.17) is 17.3 Å². The van der Waals surface area contributed by atoms with Crippen molar-refractivity contribution in [2.75, 3.05) is 6.54 Å². The highest BCUT2D eigenvalue weighted by molar-refractivity contribution is 7.16. The van der Waals surface area contributed by atoms with E-state index in [9.17, 15) is 4.79 Å². The van der Waals surface area contributed by atoms with Gasteiger partial charge in [-0.15, -0.1) is 17.9 Å². The number of hydrogen-bond acceptors (Lipinski definition) is 3. The largest absolute Gasteiger partial charge is 0.332 e. The number of carbonyl (C=O) groups excluding carboxylic acids is 1. The minimum Gasteiger partial charge on any atom is -0.332 e. The van der Waals surface area contributed by atoms with Crippen LogP contribution in [0.5, 0.6) is 0 Å². The molecule has 0 radical (unpaired) electrons. The fourth-order valence-corrected chi connectivity index (χ4v) is 2.53. The molecule has 3 nitrogen and oxygen atoms in total. The van der Waals surface area contributed by atoms with Gasteiger partial charge in [-0.05, 0) is 18.6 Å². The van der Waals surface area contributed by atoms with E-state index in [0.717, 1.165) is 9.21 Å². The van der Waals surface area contributed by atoms with Crippen molar-refractivity contribution < 1.29 is 4.79 Å². The van der Waals surface area contributed by atoms with Crippen molar-refractivity contribution in [1.29, 1.82) is 0 Å². The molecular weight excluding hydrogens is 256 g/mol. The first-order valence-corrected chi connectivity index (χ1v) is 6.67. The van der Waals surface area contributed by atoms with Gasteiger partial charge < -0.3 is 10.6 Å². The second kappa shape index (κ2) is 6.79. The number of rotatable bonds is 6. The van der Waals surface area contributed by atoms with Crippen LogP contribution in [0.15, 0.2) is 24.8 Å². The maximum absolute atomic E-state index is 12.0.